The molecule has 2 aromatic carbocycles. The predicted octanol–water partition coefficient (Wildman–Crippen LogP) is 3.42. The molecule has 30 heavy (non-hydrogen) atoms. The Morgan fingerprint density at radius 3 is 2.67 bits per heavy atom. The number of anilines is 1. The smallest absolute Gasteiger partial charge is 0.258 e. The number of rotatable bonds is 8. The highest BCUT2D eigenvalue weighted by Gasteiger charge is 2.16. The third kappa shape index (κ3) is 5.31. The van der Waals surface area contributed by atoms with Gasteiger partial charge in [-0.1, -0.05) is 19.1 Å². The highest BCUT2D eigenvalue weighted by Crippen LogP contribution is 2.13. The van der Waals surface area contributed by atoms with Gasteiger partial charge in [0.25, 0.3) is 5.56 Å². The second kappa shape index (κ2) is 9.81. The quantitative estimate of drug-likeness (QED) is 0.600. The molecule has 7 nitrogen and oxygen atoms in total. The van der Waals surface area contributed by atoms with Gasteiger partial charge < -0.3 is 10.3 Å². The Labute approximate surface area is 175 Å². The number of carbonyl (C=O) groups excluding carboxylic acids is 1. The first-order valence-corrected chi connectivity index (χ1v) is 10.0. The van der Waals surface area contributed by atoms with Gasteiger partial charge in [-0.2, -0.15) is 5.26 Å². The van der Waals surface area contributed by atoms with E-state index in [1.807, 2.05) is 18.2 Å². The van der Waals surface area contributed by atoms with Gasteiger partial charge in [0, 0.05) is 24.7 Å². The number of nitrogens with one attached hydrogen (secondary N) is 2. The predicted molar refractivity (Wildman–Crippen MR) is 117 cm³/mol. The molecule has 3 aromatic rings. The second-order valence-corrected chi connectivity index (χ2v) is 7.24. The summed E-state index contributed by atoms with van der Waals surface area (Å²) < 4.78 is 0. The Kier molecular flexibility index (Phi) is 6.94. The van der Waals surface area contributed by atoms with Gasteiger partial charge in [0.15, 0.2) is 0 Å². The normalized spacial score (nSPS) is 11.9. The maximum absolute atomic E-state index is 12.4. The summed E-state index contributed by atoms with van der Waals surface area (Å²) in [4.78, 5) is 34.3. The Hall–Kier alpha value is -3.50. The summed E-state index contributed by atoms with van der Waals surface area (Å²) in [5, 5.41) is 12.3. The molecule has 2 N–H and O–H groups in total. The Morgan fingerprint density at radius 1 is 1.23 bits per heavy atom. The first-order valence-electron chi connectivity index (χ1n) is 10.0. The van der Waals surface area contributed by atoms with Gasteiger partial charge in [0.05, 0.1) is 29.1 Å². The monoisotopic (exact) mass is 403 g/mol. The van der Waals surface area contributed by atoms with Crippen molar-refractivity contribution in [1.29, 1.82) is 5.26 Å². The fourth-order valence-electron chi connectivity index (χ4n) is 3.21. The van der Waals surface area contributed by atoms with Crippen LogP contribution < -0.4 is 10.9 Å². The molecule has 0 radical (unpaired) electrons. The summed E-state index contributed by atoms with van der Waals surface area (Å²) in [6.45, 7) is 5.18. The van der Waals surface area contributed by atoms with Crippen molar-refractivity contribution in [2.75, 3.05) is 11.9 Å². The number of benzene rings is 2. The molecule has 0 saturated heterocycles. The van der Waals surface area contributed by atoms with Crippen LogP contribution in [0.25, 0.3) is 10.9 Å². The van der Waals surface area contributed by atoms with Crippen LogP contribution in [0.15, 0.2) is 53.3 Å². The Balaban J connectivity index is 1.66. The number of fused-ring (bicyclic) bond motifs is 1. The van der Waals surface area contributed by atoms with Crippen molar-refractivity contribution in [3.05, 3.63) is 70.3 Å². The molecule has 1 unspecified atom stereocenters. The van der Waals surface area contributed by atoms with Gasteiger partial charge in [-0.05, 0) is 49.7 Å². The highest BCUT2D eigenvalue weighted by molar-refractivity contribution is 5.90. The standard InChI is InChI=1S/C23H25N5O2/c1-3-16(2)28(13-12-22(29)25-18-10-8-17(14-24)9-11-18)15-21-26-20-7-5-4-6-19(20)23(30)27-21/h4-11,16H,3,12-13,15H2,1-2H3,(H,25,29)(H,26,27,30). The van der Waals surface area contributed by atoms with Crippen LogP contribution in [-0.2, 0) is 11.3 Å². The molecule has 0 aliphatic heterocycles. The zero-order chi connectivity index (χ0) is 21.5. The van der Waals surface area contributed by atoms with Crippen LogP contribution in [0, 0.1) is 11.3 Å². The van der Waals surface area contributed by atoms with E-state index in [2.05, 4.69) is 40.1 Å². The third-order valence-electron chi connectivity index (χ3n) is 5.15. The molecule has 1 aromatic heterocycles. The van der Waals surface area contributed by atoms with Gasteiger partial charge in [-0.15, -0.1) is 0 Å². The van der Waals surface area contributed by atoms with Crippen LogP contribution >= 0.6 is 0 Å². The van der Waals surface area contributed by atoms with Crippen molar-refractivity contribution in [3.63, 3.8) is 0 Å². The van der Waals surface area contributed by atoms with Crippen molar-refractivity contribution < 1.29 is 4.79 Å². The number of hydrogen-bond donors (Lipinski definition) is 2. The van der Waals surface area contributed by atoms with Gasteiger partial charge in [0.1, 0.15) is 5.82 Å². The maximum atomic E-state index is 12.4. The van der Waals surface area contributed by atoms with E-state index < -0.39 is 0 Å². The molecular weight excluding hydrogens is 378 g/mol. The van der Waals surface area contributed by atoms with Gasteiger partial charge >= 0.3 is 0 Å². The second-order valence-electron chi connectivity index (χ2n) is 7.24. The van der Waals surface area contributed by atoms with Gasteiger partial charge in [-0.25, -0.2) is 4.98 Å². The first kappa shape index (κ1) is 21.2. The zero-order valence-corrected chi connectivity index (χ0v) is 17.2. The first-order chi connectivity index (χ1) is 14.5. The number of hydrogen-bond acceptors (Lipinski definition) is 5. The van der Waals surface area contributed by atoms with Crippen LogP contribution in [0.3, 0.4) is 0 Å². The topological polar surface area (TPSA) is 102 Å². The zero-order valence-electron chi connectivity index (χ0n) is 17.2. The average Bonchev–Trinajstić information content (AvgIpc) is 2.76. The van der Waals surface area contributed by atoms with Crippen LogP contribution in [0.5, 0.6) is 0 Å². The minimum atomic E-state index is -0.154. The van der Waals surface area contributed by atoms with E-state index >= 15 is 0 Å². The van der Waals surface area contributed by atoms with Crippen molar-refractivity contribution in [2.45, 2.75) is 39.3 Å². The number of nitriles is 1. The van der Waals surface area contributed by atoms with Crippen molar-refractivity contribution in [1.82, 2.24) is 14.9 Å². The molecule has 3 rings (SSSR count). The van der Waals surface area contributed by atoms with E-state index in [4.69, 9.17) is 5.26 Å². The van der Waals surface area contributed by atoms with E-state index in [0.29, 0.717) is 47.5 Å². The summed E-state index contributed by atoms with van der Waals surface area (Å²) in [5.41, 5.74) is 1.72. The lowest BCUT2D eigenvalue weighted by molar-refractivity contribution is -0.116. The molecule has 154 valence electrons. The third-order valence-corrected chi connectivity index (χ3v) is 5.15. The molecule has 0 bridgehead atoms. The number of aromatic nitrogens is 2. The molecular formula is C23H25N5O2. The number of nitrogens with zero attached hydrogens (tertiary/aromatic N) is 3. The highest BCUT2D eigenvalue weighted by atomic mass is 16.1. The molecule has 0 fully saturated rings. The molecule has 0 aliphatic carbocycles. The van der Waals surface area contributed by atoms with Crippen molar-refractivity contribution >= 4 is 22.5 Å². The van der Waals surface area contributed by atoms with Crippen LogP contribution in [0.2, 0.25) is 0 Å². The van der Waals surface area contributed by atoms with E-state index in [9.17, 15) is 9.59 Å². The minimum absolute atomic E-state index is 0.104. The molecule has 1 atom stereocenters. The van der Waals surface area contributed by atoms with Crippen LogP contribution in [-0.4, -0.2) is 33.4 Å². The summed E-state index contributed by atoms with van der Waals surface area (Å²) in [7, 11) is 0. The number of amides is 1. The fourth-order valence-corrected chi connectivity index (χ4v) is 3.21. The lowest BCUT2D eigenvalue weighted by atomic mass is 10.2. The summed E-state index contributed by atoms with van der Waals surface area (Å²) in [5.74, 6) is 0.486. The van der Waals surface area contributed by atoms with Crippen molar-refractivity contribution in [2.24, 2.45) is 0 Å². The summed E-state index contributed by atoms with van der Waals surface area (Å²) in [6.07, 6.45) is 1.22. The number of carbonyl (C=O) groups is 1. The number of para-hydroxylation sites is 1. The number of aromatic amines is 1. The van der Waals surface area contributed by atoms with E-state index in [1.165, 1.54) is 0 Å². The molecule has 1 heterocycles. The van der Waals surface area contributed by atoms with E-state index in [0.717, 1.165) is 6.42 Å². The van der Waals surface area contributed by atoms with E-state index in [1.54, 1.807) is 30.3 Å². The molecule has 0 spiro atoms. The minimum Gasteiger partial charge on any atom is -0.326 e. The van der Waals surface area contributed by atoms with Crippen LogP contribution in [0.1, 0.15) is 38.1 Å². The largest absolute Gasteiger partial charge is 0.326 e. The lowest BCUT2D eigenvalue weighted by Crippen LogP contribution is -2.36. The Bertz CT molecular complexity index is 1110. The van der Waals surface area contributed by atoms with Crippen LogP contribution in [0.4, 0.5) is 5.69 Å². The van der Waals surface area contributed by atoms with Crippen molar-refractivity contribution in [3.8, 4) is 6.07 Å². The molecule has 0 saturated carbocycles. The van der Waals surface area contributed by atoms with Gasteiger partial charge in [0.2, 0.25) is 5.91 Å². The number of H-pyrrole nitrogens is 1. The van der Waals surface area contributed by atoms with Gasteiger partial charge in [-0.3, -0.25) is 14.5 Å². The SMILES string of the molecule is CCC(C)N(CCC(=O)Nc1ccc(C#N)cc1)Cc1nc2ccccc2c(=O)[nH]1. The van der Waals surface area contributed by atoms with E-state index in [-0.39, 0.29) is 17.5 Å². The lowest BCUT2D eigenvalue weighted by Gasteiger charge is -2.27. The summed E-state index contributed by atoms with van der Waals surface area (Å²) >= 11 is 0. The summed E-state index contributed by atoms with van der Waals surface area (Å²) in [6, 6.07) is 16.3. The maximum Gasteiger partial charge on any atom is 0.258 e. The fraction of sp³-hybridized carbons (Fsp3) is 0.304. The average molecular weight is 403 g/mol. The molecule has 0 aliphatic rings. The Morgan fingerprint density at radius 2 is 1.97 bits per heavy atom. The molecule has 1 amide bonds. The molecule has 7 heteroatoms.